The van der Waals surface area contributed by atoms with Crippen LogP contribution in [-0.2, 0) is 20.4 Å². The summed E-state index contributed by atoms with van der Waals surface area (Å²) in [5, 5.41) is 40.7. The number of ether oxygens (including phenoxy) is 2. The Morgan fingerprint density at radius 2 is 1.82 bits per heavy atom. The molecule has 2 aromatic carbocycles. The highest BCUT2D eigenvalue weighted by Gasteiger charge is 2.52. The van der Waals surface area contributed by atoms with E-state index in [4.69, 9.17) is 32.7 Å². The number of alkyl halides is 3. The van der Waals surface area contributed by atoms with Crippen molar-refractivity contribution < 1.29 is 47.1 Å². The molecule has 10 nitrogen and oxygen atoms in total. The lowest BCUT2D eigenvalue weighted by molar-refractivity contribution is -0.211. The minimum absolute atomic E-state index is 0.0242. The molecule has 1 aromatic heterocycles. The zero-order valence-electron chi connectivity index (χ0n) is 23.7. The molecule has 0 radical (unpaired) electrons. The van der Waals surface area contributed by atoms with Crippen molar-refractivity contribution in [1.82, 2.24) is 15.0 Å². The molecule has 0 unspecified atom stereocenters. The minimum Gasteiger partial charge on any atom is -0.394 e. The molecule has 3 aromatic rings. The fourth-order valence-electron chi connectivity index (χ4n) is 6.01. The molecule has 1 aliphatic heterocycles. The summed E-state index contributed by atoms with van der Waals surface area (Å²) in [5.74, 6) is -2.18. The number of rotatable bonds is 7. The number of amides is 1. The standard InChI is InChI=1S/C29H30Cl2F4N4O6/c1-44-26-24(38-12-20(36-37-38)14-6-7-18(19(32)8-14)29(33,34)35)25(42)23(13-40)45-27(26)28(43)39(21-4-2-3-5-22(21)41)17-10-15(30)9-16(31)11-17/h6-12,21-27,40-42H,2-5,13H2,1H3/t21-,22-,23+,24-,25-,26+,27+/m0/s1. The Hall–Kier alpha value is -2.85. The van der Waals surface area contributed by atoms with Crippen molar-refractivity contribution in [3.8, 4) is 11.3 Å². The third-order valence-corrected chi connectivity index (χ3v) is 8.59. The summed E-state index contributed by atoms with van der Waals surface area (Å²) in [7, 11) is 1.27. The van der Waals surface area contributed by atoms with Crippen molar-refractivity contribution in [2.75, 3.05) is 18.6 Å². The third kappa shape index (κ3) is 6.82. The highest BCUT2D eigenvalue weighted by atomic mass is 35.5. The number of nitrogens with zero attached hydrogens (tertiary/aromatic N) is 4. The van der Waals surface area contributed by atoms with Gasteiger partial charge in [-0.05, 0) is 43.2 Å². The van der Waals surface area contributed by atoms with E-state index in [9.17, 15) is 37.7 Å². The highest BCUT2D eigenvalue weighted by molar-refractivity contribution is 6.35. The van der Waals surface area contributed by atoms with Crippen molar-refractivity contribution in [3.63, 3.8) is 0 Å². The average molecular weight is 677 g/mol. The number of benzene rings is 2. The maximum absolute atomic E-state index is 14.4. The Morgan fingerprint density at radius 1 is 1.13 bits per heavy atom. The summed E-state index contributed by atoms with van der Waals surface area (Å²) in [4.78, 5) is 15.8. The van der Waals surface area contributed by atoms with E-state index < -0.39 is 72.7 Å². The summed E-state index contributed by atoms with van der Waals surface area (Å²) in [5.41, 5.74) is -1.21. The van der Waals surface area contributed by atoms with Crippen LogP contribution in [0.4, 0.5) is 23.2 Å². The molecule has 2 aliphatic rings. The first-order valence-electron chi connectivity index (χ1n) is 14.1. The third-order valence-electron chi connectivity index (χ3n) is 8.16. The molecular weight excluding hydrogens is 647 g/mol. The maximum atomic E-state index is 14.4. The number of anilines is 1. The van der Waals surface area contributed by atoms with Gasteiger partial charge in [0.25, 0.3) is 5.91 Å². The van der Waals surface area contributed by atoms with Crippen LogP contribution in [0.25, 0.3) is 11.3 Å². The molecule has 3 N–H and O–H groups in total. The molecule has 1 aliphatic carbocycles. The van der Waals surface area contributed by atoms with Crippen LogP contribution in [-0.4, -0.2) is 86.5 Å². The first-order chi connectivity index (χ1) is 21.3. The Balaban J connectivity index is 1.53. The van der Waals surface area contributed by atoms with E-state index in [1.54, 1.807) is 0 Å². The van der Waals surface area contributed by atoms with Gasteiger partial charge in [0, 0.05) is 28.4 Å². The molecule has 45 heavy (non-hydrogen) atoms. The number of carbonyl (C=O) groups is 1. The molecule has 1 saturated heterocycles. The van der Waals surface area contributed by atoms with Gasteiger partial charge in [-0.15, -0.1) is 5.10 Å². The number of methoxy groups -OCH3 is 1. The first kappa shape index (κ1) is 33.5. The predicted molar refractivity (Wildman–Crippen MR) is 154 cm³/mol. The molecule has 1 saturated carbocycles. The number of aliphatic hydroxyl groups is 3. The summed E-state index contributed by atoms with van der Waals surface area (Å²) < 4.78 is 66.2. The van der Waals surface area contributed by atoms with Crippen molar-refractivity contribution in [1.29, 1.82) is 0 Å². The molecular formula is C29H30Cl2F4N4O6. The zero-order chi connectivity index (χ0) is 32.6. The van der Waals surface area contributed by atoms with E-state index in [-0.39, 0.29) is 27.0 Å². The zero-order valence-corrected chi connectivity index (χ0v) is 25.3. The molecule has 0 bridgehead atoms. The van der Waals surface area contributed by atoms with Gasteiger partial charge in [-0.25, -0.2) is 9.07 Å². The van der Waals surface area contributed by atoms with Crippen LogP contribution in [0.3, 0.4) is 0 Å². The molecule has 7 atom stereocenters. The van der Waals surface area contributed by atoms with E-state index in [1.807, 2.05) is 0 Å². The van der Waals surface area contributed by atoms with Crippen LogP contribution >= 0.6 is 23.2 Å². The molecule has 2 heterocycles. The van der Waals surface area contributed by atoms with Gasteiger partial charge in [0.2, 0.25) is 0 Å². The molecule has 1 amide bonds. The lowest BCUT2D eigenvalue weighted by atomic mass is 9.88. The minimum atomic E-state index is -4.89. The van der Waals surface area contributed by atoms with Crippen LogP contribution in [0.2, 0.25) is 10.0 Å². The van der Waals surface area contributed by atoms with Crippen molar-refractivity contribution >= 4 is 34.8 Å². The van der Waals surface area contributed by atoms with E-state index in [0.29, 0.717) is 25.0 Å². The largest absolute Gasteiger partial charge is 0.419 e. The normalized spacial score (nSPS) is 27.4. The number of hydrogen-bond donors (Lipinski definition) is 3. The number of halogens is 6. The number of aromatic nitrogens is 3. The van der Waals surface area contributed by atoms with Gasteiger partial charge in [-0.3, -0.25) is 4.79 Å². The van der Waals surface area contributed by atoms with Gasteiger partial charge in [0.05, 0.1) is 30.5 Å². The second kappa shape index (κ2) is 13.5. The second-order valence-corrected chi connectivity index (χ2v) is 11.9. The predicted octanol–water partition coefficient (Wildman–Crippen LogP) is 4.42. The number of aliphatic hydroxyl groups excluding tert-OH is 3. The van der Waals surface area contributed by atoms with Gasteiger partial charge in [-0.1, -0.05) is 47.3 Å². The van der Waals surface area contributed by atoms with E-state index in [0.717, 1.165) is 23.6 Å². The fraction of sp³-hybridized carbons (Fsp3) is 0.483. The van der Waals surface area contributed by atoms with Crippen LogP contribution < -0.4 is 4.90 Å². The Bertz CT molecular complexity index is 1510. The molecule has 2 fully saturated rings. The molecule has 5 rings (SSSR count). The molecule has 16 heteroatoms. The topological polar surface area (TPSA) is 130 Å². The smallest absolute Gasteiger partial charge is 0.394 e. The van der Waals surface area contributed by atoms with Crippen LogP contribution in [0.5, 0.6) is 0 Å². The summed E-state index contributed by atoms with van der Waals surface area (Å²) >= 11 is 12.5. The SMILES string of the molecule is CO[C@@H]1[C@@H](n2cc(-c3ccc(C(F)(F)F)c(F)c3)nn2)[C@@H](O)[C@@H](CO)O[C@H]1C(=O)N(c1cc(Cl)cc(Cl)c1)[C@H]1CCCC[C@@H]1O. The Labute approximate surface area is 265 Å². The lowest BCUT2D eigenvalue weighted by Crippen LogP contribution is -2.63. The molecule has 0 spiro atoms. The fourth-order valence-corrected chi connectivity index (χ4v) is 6.52. The average Bonchev–Trinajstić information content (AvgIpc) is 3.46. The maximum Gasteiger partial charge on any atom is 0.419 e. The number of carbonyl (C=O) groups excluding carboxylic acids is 1. The van der Waals surface area contributed by atoms with Crippen LogP contribution in [0.15, 0.2) is 42.6 Å². The van der Waals surface area contributed by atoms with E-state index in [1.165, 1.54) is 36.4 Å². The Morgan fingerprint density at radius 3 is 2.42 bits per heavy atom. The highest BCUT2D eigenvalue weighted by Crippen LogP contribution is 2.38. The van der Waals surface area contributed by atoms with Gasteiger partial charge >= 0.3 is 6.18 Å². The van der Waals surface area contributed by atoms with Gasteiger partial charge in [0.15, 0.2) is 6.10 Å². The van der Waals surface area contributed by atoms with Gasteiger partial charge in [-0.2, -0.15) is 13.2 Å². The first-order valence-corrected chi connectivity index (χ1v) is 14.8. The summed E-state index contributed by atoms with van der Waals surface area (Å²) in [6.45, 7) is -0.710. The summed E-state index contributed by atoms with van der Waals surface area (Å²) in [6, 6.07) is 4.89. The van der Waals surface area contributed by atoms with Gasteiger partial charge in [0.1, 0.15) is 35.9 Å². The van der Waals surface area contributed by atoms with Crippen LogP contribution in [0.1, 0.15) is 37.3 Å². The van der Waals surface area contributed by atoms with Crippen LogP contribution in [0, 0.1) is 5.82 Å². The van der Waals surface area contributed by atoms with E-state index in [2.05, 4.69) is 10.3 Å². The van der Waals surface area contributed by atoms with Crippen molar-refractivity contribution in [3.05, 3.63) is 64.0 Å². The monoisotopic (exact) mass is 676 g/mol. The van der Waals surface area contributed by atoms with Crippen molar-refractivity contribution in [2.24, 2.45) is 0 Å². The Kier molecular flexibility index (Phi) is 10.0. The quantitative estimate of drug-likeness (QED) is 0.314. The number of hydrogen-bond acceptors (Lipinski definition) is 8. The second-order valence-electron chi connectivity index (χ2n) is 11.0. The van der Waals surface area contributed by atoms with Gasteiger partial charge < -0.3 is 29.7 Å². The van der Waals surface area contributed by atoms with Crippen molar-refractivity contribution in [2.45, 2.75) is 74.5 Å². The summed E-state index contributed by atoms with van der Waals surface area (Å²) in [6.07, 6.45) is -7.69. The van der Waals surface area contributed by atoms with E-state index >= 15 is 0 Å². The molecule has 244 valence electrons. The lowest BCUT2D eigenvalue weighted by Gasteiger charge is -2.46.